The lowest BCUT2D eigenvalue weighted by molar-refractivity contribution is -0.139. The van der Waals surface area contributed by atoms with E-state index >= 15 is 0 Å². The molecule has 2 rings (SSSR count). The van der Waals surface area contributed by atoms with Gasteiger partial charge in [-0.25, -0.2) is 4.79 Å². The molecule has 0 saturated carbocycles. The van der Waals surface area contributed by atoms with Crippen LogP contribution in [0.3, 0.4) is 0 Å². The number of ether oxygens (including phenoxy) is 1. The summed E-state index contributed by atoms with van der Waals surface area (Å²) in [6, 6.07) is 5.43. The van der Waals surface area contributed by atoms with Crippen LogP contribution in [0.5, 0.6) is 5.75 Å². The molecule has 0 saturated heterocycles. The van der Waals surface area contributed by atoms with Crippen LogP contribution in [0.1, 0.15) is 31.7 Å². The highest BCUT2D eigenvalue weighted by molar-refractivity contribution is 5.96. The first-order chi connectivity index (χ1) is 9.63. The Labute approximate surface area is 118 Å². The Morgan fingerprint density at radius 2 is 2.20 bits per heavy atom. The van der Waals surface area contributed by atoms with E-state index in [2.05, 4.69) is 6.92 Å². The molecule has 0 radical (unpaired) electrons. The first-order valence-electron chi connectivity index (χ1n) is 6.90. The zero-order valence-corrected chi connectivity index (χ0v) is 11.6. The van der Waals surface area contributed by atoms with Gasteiger partial charge in [0.2, 0.25) is 5.91 Å². The highest BCUT2D eigenvalue weighted by atomic mass is 16.5. The maximum absolute atomic E-state index is 12.1. The van der Waals surface area contributed by atoms with E-state index in [0.29, 0.717) is 25.1 Å². The Morgan fingerprint density at radius 1 is 1.40 bits per heavy atom. The molecule has 0 spiro atoms. The summed E-state index contributed by atoms with van der Waals surface area (Å²) in [5.41, 5.74) is 1.78. The molecule has 1 aliphatic rings. The minimum Gasteiger partial charge on any atom is -0.482 e. The van der Waals surface area contributed by atoms with Crippen molar-refractivity contribution < 1.29 is 19.4 Å². The minimum atomic E-state index is -1.00. The van der Waals surface area contributed by atoms with Crippen LogP contribution in [0.15, 0.2) is 18.2 Å². The molecule has 1 amide bonds. The number of benzene rings is 1. The second kappa shape index (κ2) is 6.41. The lowest BCUT2D eigenvalue weighted by Crippen LogP contribution is -2.28. The normalized spacial score (nSPS) is 13.2. The molecular weight excluding hydrogens is 258 g/mol. The lowest BCUT2D eigenvalue weighted by atomic mass is 10.1. The predicted molar refractivity (Wildman–Crippen MR) is 75.2 cm³/mol. The van der Waals surface area contributed by atoms with Crippen molar-refractivity contribution >= 4 is 17.6 Å². The van der Waals surface area contributed by atoms with E-state index in [1.54, 1.807) is 17.0 Å². The maximum atomic E-state index is 12.1. The van der Waals surface area contributed by atoms with Gasteiger partial charge in [-0.1, -0.05) is 19.4 Å². The van der Waals surface area contributed by atoms with Gasteiger partial charge in [0, 0.05) is 18.5 Å². The highest BCUT2D eigenvalue weighted by Gasteiger charge is 2.26. The Balaban J connectivity index is 2.14. The molecule has 0 aliphatic carbocycles. The molecule has 5 heteroatoms. The number of hydrogen-bond donors (Lipinski definition) is 1. The maximum Gasteiger partial charge on any atom is 0.341 e. The molecule has 0 fully saturated rings. The number of anilines is 1. The SMILES string of the molecule is CCCCC(=O)N1CCc2c(OCC(=O)O)cccc21. The topological polar surface area (TPSA) is 66.8 Å². The van der Waals surface area contributed by atoms with Crippen LogP contribution in [-0.4, -0.2) is 30.1 Å². The first-order valence-corrected chi connectivity index (χ1v) is 6.90. The largest absolute Gasteiger partial charge is 0.482 e. The number of rotatable bonds is 6. The highest BCUT2D eigenvalue weighted by Crippen LogP contribution is 2.35. The van der Waals surface area contributed by atoms with Crippen molar-refractivity contribution in [1.82, 2.24) is 0 Å². The van der Waals surface area contributed by atoms with Gasteiger partial charge in [-0.15, -0.1) is 0 Å². The van der Waals surface area contributed by atoms with Crippen LogP contribution in [-0.2, 0) is 16.0 Å². The van der Waals surface area contributed by atoms with Gasteiger partial charge in [0.15, 0.2) is 6.61 Å². The van der Waals surface area contributed by atoms with E-state index in [1.165, 1.54) is 0 Å². The summed E-state index contributed by atoms with van der Waals surface area (Å²) in [6.07, 6.45) is 3.15. The number of nitrogens with zero attached hydrogens (tertiary/aromatic N) is 1. The van der Waals surface area contributed by atoms with Crippen LogP contribution in [0.25, 0.3) is 0 Å². The van der Waals surface area contributed by atoms with Gasteiger partial charge >= 0.3 is 5.97 Å². The van der Waals surface area contributed by atoms with E-state index in [0.717, 1.165) is 24.1 Å². The summed E-state index contributed by atoms with van der Waals surface area (Å²) >= 11 is 0. The van der Waals surface area contributed by atoms with Gasteiger partial charge in [-0.05, 0) is 25.0 Å². The van der Waals surface area contributed by atoms with Crippen LogP contribution >= 0.6 is 0 Å². The van der Waals surface area contributed by atoms with Crippen molar-refractivity contribution in [3.05, 3.63) is 23.8 Å². The second-order valence-electron chi connectivity index (χ2n) is 4.84. The number of fused-ring (bicyclic) bond motifs is 1. The fourth-order valence-electron chi connectivity index (χ4n) is 2.40. The molecule has 1 N–H and O–H groups in total. The summed E-state index contributed by atoms with van der Waals surface area (Å²) in [7, 11) is 0. The Kier molecular flexibility index (Phi) is 4.61. The van der Waals surface area contributed by atoms with Gasteiger partial charge in [0.1, 0.15) is 5.75 Å². The fourth-order valence-corrected chi connectivity index (χ4v) is 2.40. The third kappa shape index (κ3) is 3.10. The van der Waals surface area contributed by atoms with Crippen LogP contribution in [0.4, 0.5) is 5.69 Å². The van der Waals surface area contributed by atoms with E-state index < -0.39 is 5.97 Å². The molecule has 0 aromatic heterocycles. The average molecular weight is 277 g/mol. The zero-order valence-electron chi connectivity index (χ0n) is 11.6. The third-order valence-electron chi connectivity index (χ3n) is 3.38. The van der Waals surface area contributed by atoms with Gasteiger partial charge in [-0.3, -0.25) is 4.79 Å². The van der Waals surface area contributed by atoms with E-state index in [4.69, 9.17) is 9.84 Å². The average Bonchev–Trinajstić information content (AvgIpc) is 2.86. The summed E-state index contributed by atoms with van der Waals surface area (Å²) in [5, 5.41) is 8.67. The predicted octanol–water partition coefficient (Wildman–Crippen LogP) is 2.23. The molecule has 1 heterocycles. The lowest BCUT2D eigenvalue weighted by Gasteiger charge is -2.17. The number of aliphatic carboxylic acids is 1. The molecular formula is C15H19NO4. The van der Waals surface area contributed by atoms with E-state index in [9.17, 15) is 9.59 Å². The van der Waals surface area contributed by atoms with Crippen molar-refractivity contribution in [2.45, 2.75) is 32.6 Å². The molecule has 0 unspecified atom stereocenters. The third-order valence-corrected chi connectivity index (χ3v) is 3.38. The smallest absolute Gasteiger partial charge is 0.341 e. The second-order valence-corrected chi connectivity index (χ2v) is 4.84. The van der Waals surface area contributed by atoms with Gasteiger partial charge < -0.3 is 14.7 Å². The summed E-state index contributed by atoms with van der Waals surface area (Å²) in [6.45, 7) is 2.34. The molecule has 0 bridgehead atoms. The number of unbranched alkanes of at least 4 members (excludes halogenated alkanes) is 1. The standard InChI is InChI=1S/C15H19NO4/c1-2-3-7-14(17)16-9-8-11-12(16)5-4-6-13(11)20-10-15(18)19/h4-6H,2-3,7-10H2,1H3,(H,18,19). The Morgan fingerprint density at radius 3 is 2.90 bits per heavy atom. The number of amides is 1. The fraction of sp³-hybridized carbons (Fsp3) is 0.467. The van der Waals surface area contributed by atoms with Crippen LogP contribution in [0, 0.1) is 0 Å². The number of carboxylic acid groups (broad SMARTS) is 1. The minimum absolute atomic E-state index is 0.126. The summed E-state index contributed by atoms with van der Waals surface area (Å²) in [4.78, 5) is 24.5. The van der Waals surface area contributed by atoms with Crippen molar-refractivity contribution in [2.75, 3.05) is 18.1 Å². The van der Waals surface area contributed by atoms with Gasteiger partial charge in [0.05, 0.1) is 5.69 Å². The first kappa shape index (κ1) is 14.4. The zero-order chi connectivity index (χ0) is 14.5. The quantitative estimate of drug-likeness (QED) is 0.866. The molecule has 1 aromatic carbocycles. The number of carbonyl (C=O) groups is 2. The van der Waals surface area contributed by atoms with Crippen molar-refractivity contribution in [3.8, 4) is 5.75 Å². The molecule has 108 valence electrons. The Hall–Kier alpha value is -2.04. The molecule has 0 atom stereocenters. The van der Waals surface area contributed by atoms with E-state index in [-0.39, 0.29) is 12.5 Å². The van der Waals surface area contributed by atoms with E-state index in [1.807, 2.05) is 6.07 Å². The monoisotopic (exact) mass is 277 g/mol. The van der Waals surface area contributed by atoms with Crippen molar-refractivity contribution in [1.29, 1.82) is 0 Å². The molecule has 1 aliphatic heterocycles. The van der Waals surface area contributed by atoms with Gasteiger partial charge in [0.25, 0.3) is 0 Å². The van der Waals surface area contributed by atoms with Crippen LogP contribution < -0.4 is 9.64 Å². The summed E-state index contributed by atoms with van der Waals surface area (Å²) in [5.74, 6) is -0.312. The number of carbonyl (C=O) groups excluding carboxylic acids is 1. The van der Waals surface area contributed by atoms with Crippen molar-refractivity contribution in [3.63, 3.8) is 0 Å². The molecule has 1 aromatic rings. The molecule has 20 heavy (non-hydrogen) atoms. The number of carboxylic acids is 1. The summed E-state index contributed by atoms with van der Waals surface area (Å²) < 4.78 is 5.28. The van der Waals surface area contributed by atoms with Crippen LogP contribution in [0.2, 0.25) is 0 Å². The number of hydrogen-bond acceptors (Lipinski definition) is 3. The Bertz CT molecular complexity index is 513. The molecule has 5 nitrogen and oxygen atoms in total. The van der Waals surface area contributed by atoms with Crippen molar-refractivity contribution in [2.24, 2.45) is 0 Å². The van der Waals surface area contributed by atoms with Gasteiger partial charge in [-0.2, -0.15) is 0 Å².